The van der Waals surface area contributed by atoms with E-state index in [9.17, 15) is 0 Å². The lowest BCUT2D eigenvalue weighted by molar-refractivity contribution is -0.296. The molecule has 0 radical (unpaired) electrons. The molecule has 0 aliphatic carbocycles. The summed E-state index contributed by atoms with van der Waals surface area (Å²) < 4.78 is 30.4. The maximum atomic E-state index is 7.67. The van der Waals surface area contributed by atoms with E-state index in [1.807, 2.05) is 0 Å². The molecule has 130 valence electrons. The van der Waals surface area contributed by atoms with Crippen LogP contribution in [-0.4, -0.2) is 75.4 Å². The molecule has 1 fully saturated rings. The van der Waals surface area contributed by atoms with Gasteiger partial charge in [0, 0.05) is 28.4 Å². The fourth-order valence-electron chi connectivity index (χ4n) is 2.26. The van der Waals surface area contributed by atoms with Gasteiger partial charge in [0.25, 0.3) is 3.79 Å². The normalized spacial score (nSPS) is 32.8. The number of methoxy groups -OCH3 is 4. The molecule has 1 aliphatic heterocycles. The number of halogens is 3. The number of nitrogens with one attached hydrogen (secondary N) is 1. The van der Waals surface area contributed by atoms with Crippen molar-refractivity contribution in [3.8, 4) is 0 Å². The molecule has 5 atom stereocenters. The summed E-state index contributed by atoms with van der Waals surface area (Å²) in [5.74, 6) is -0.577. The lowest BCUT2D eigenvalue weighted by Crippen LogP contribution is -2.61. The summed E-state index contributed by atoms with van der Waals surface area (Å²) in [6.45, 7) is 0.232. The van der Waals surface area contributed by atoms with Crippen LogP contribution in [0.1, 0.15) is 0 Å². The molecule has 1 saturated heterocycles. The largest absolute Gasteiger partial charge is 0.445 e. The molecule has 1 N–H and O–H groups in total. The molecule has 0 saturated carbocycles. The molecule has 0 aromatic rings. The summed E-state index contributed by atoms with van der Waals surface area (Å²) in [5.41, 5.74) is 0. The van der Waals surface area contributed by atoms with Crippen molar-refractivity contribution in [2.45, 2.75) is 34.5 Å². The van der Waals surface area contributed by atoms with Crippen LogP contribution in [0.5, 0.6) is 0 Å². The van der Waals surface area contributed by atoms with Crippen molar-refractivity contribution in [3.63, 3.8) is 0 Å². The molecule has 1 aliphatic rings. The quantitative estimate of drug-likeness (QED) is 0.430. The van der Waals surface area contributed by atoms with E-state index >= 15 is 0 Å². The molecule has 10 heteroatoms. The van der Waals surface area contributed by atoms with Gasteiger partial charge in [-0.25, -0.2) is 0 Å². The lowest BCUT2D eigenvalue weighted by Gasteiger charge is -2.44. The van der Waals surface area contributed by atoms with Gasteiger partial charge in [-0.05, 0) is 0 Å². The fourth-order valence-corrected chi connectivity index (χ4v) is 2.39. The van der Waals surface area contributed by atoms with Gasteiger partial charge in [0.2, 0.25) is 12.2 Å². The topological polar surface area (TPSA) is 79.2 Å². The van der Waals surface area contributed by atoms with Crippen molar-refractivity contribution in [1.82, 2.24) is 0 Å². The Bertz CT molecular complexity index is 367. The van der Waals surface area contributed by atoms with Gasteiger partial charge in [0.1, 0.15) is 24.4 Å². The number of alkyl halides is 3. The molecular weight excluding hydrogens is 360 g/mol. The van der Waals surface area contributed by atoms with Crippen LogP contribution in [0.3, 0.4) is 0 Å². The molecule has 1 unspecified atom stereocenters. The van der Waals surface area contributed by atoms with E-state index in [1.165, 1.54) is 28.4 Å². The Morgan fingerprint density at radius 3 is 1.95 bits per heavy atom. The van der Waals surface area contributed by atoms with E-state index in [2.05, 4.69) is 0 Å². The van der Waals surface area contributed by atoms with Crippen molar-refractivity contribution in [2.75, 3.05) is 35.0 Å². The summed E-state index contributed by atoms with van der Waals surface area (Å²) in [5, 5.41) is 7.67. The first kappa shape index (κ1) is 20.2. The minimum Gasteiger partial charge on any atom is -0.445 e. The fraction of sp³-hybridized carbons (Fsp3) is 0.917. The highest BCUT2D eigenvalue weighted by atomic mass is 35.6. The van der Waals surface area contributed by atoms with Crippen LogP contribution in [0.2, 0.25) is 0 Å². The van der Waals surface area contributed by atoms with Crippen LogP contribution in [0, 0.1) is 5.41 Å². The van der Waals surface area contributed by atoms with Crippen LogP contribution < -0.4 is 0 Å². The van der Waals surface area contributed by atoms with Gasteiger partial charge in [0.15, 0.2) is 0 Å². The molecule has 0 bridgehead atoms. The van der Waals surface area contributed by atoms with E-state index < -0.39 is 40.4 Å². The van der Waals surface area contributed by atoms with E-state index in [1.54, 1.807) is 0 Å². The first-order valence-electron chi connectivity index (χ1n) is 6.35. The maximum Gasteiger partial charge on any atom is 0.265 e. The predicted octanol–water partition coefficient (Wildman–Crippen LogP) is 1.77. The summed E-state index contributed by atoms with van der Waals surface area (Å²) in [4.78, 5) is 0. The summed E-state index contributed by atoms with van der Waals surface area (Å²) in [6, 6.07) is 0. The Morgan fingerprint density at radius 2 is 1.55 bits per heavy atom. The average molecular weight is 381 g/mol. The average Bonchev–Trinajstić information content (AvgIpc) is 2.45. The van der Waals surface area contributed by atoms with Crippen LogP contribution in [0.15, 0.2) is 0 Å². The first-order chi connectivity index (χ1) is 10.3. The van der Waals surface area contributed by atoms with E-state index in [0.29, 0.717) is 0 Å². The van der Waals surface area contributed by atoms with Crippen molar-refractivity contribution in [2.24, 2.45) is 0 Å². The second-order valence-electron chi connectivity index (χ2n) is 4.54. The first-order valence-corrected chi connectivity index (χ1v) is 7.48. The van der Waals surface area contributed by atoms with Crippen molar-refractivity contribution in [3.05, 3.63) is 0 Å². The minimum atomic E-state index is -2.00. The molecule has 7 nitrogen and oxygen atoms in total. The zero-order valence-corrected chi connectivity index (χ0v) is 14.9. The number of rotatable bonds is 6. The molecule has 0 aromatic carbocycles. The zero-order valence-electron chi connectivity index (χ0n) is 12.7. The molecule has 0 amide bonds. The van der Waals surface area contributed by atoms with Gasteiger partial charge < -0.3 is 28.4 Å². The molecule has 1 rings (SSSR count). The zero-order chi connectivity index (χ0) is 16.9. The monoisotopic (exact) mass is 379 g/mol. The van der Waals surface area contributed by atoms with Crippen LogP contribution in [0.4, 0.5) is 0 Å². The van der Waals surface area contributed by atoms with Crippen molar-refractivity contribution >= 4 is 40.7 Å². The standard InChI is InChI=1S/C12H20Cl3NO6/c1-17-5-6-7(18-2)8(19-3)9(20-4)10(21-6)22-11(16)12(13,14)15/h6-10,16H,5H2,1-4H3/t6-,7-,8+,9+,10?/m0/s1. The third-order valence-corrected chi connectivity index (χ3v) is 3.75. The summed E-state index contributed by atoms with van der Waals surface area (Å²) >= 11 is 16.9. The van der Waals surface area contributed by atoms with Gasteiger partial charge in [-0.3, -0.25) is 5.41 Å². The van der Waals surface area contributed by atoms with Crippen molar-refractivity contribution in [1.29, 1.82) is 5.41 Å². The Balaban J connectivity index is 2.96. The highest BCUT2D eigenvalue weighted by Crippen LogP contribution is 2.32. The van der Waals surface area contributed by atoms with Gasteiger partial charge in [-0.1, -0.05) is 34.8 Å². The molecular formula is C12H20Cl3NO6. The minimum absolute atomic E-state index is 0.232. The lowest BCUT2D eigenvalue weighted by atomic mass is 9.98. The van der Waals surface area contributed by atoms with Gasteiger partial charge in [-0.2, -0.15) is 0 Å². The van der Waals surface area contributed by atoms with Gasteiger partial charge in [-0.15, -0.1) is 0 Å². The third-order valence-electron chi connectivity index (χ3n) is 3.23. The van der Waals surface area contributed by atoms with E-state index in [0.717, 1.165) is 0 Å². The predicted molar refractivity (Wildman–Crippen MR) is 82.0 cm³/mol. The van der Waals surface area contributed by atoms with Gasteiger partial charge >= 0.3 is 0 Å². The highest BCUT2D eigenvalue weighted by molar-refractivity contribution is 6.76. The molecule has 22 heavy (non-hydrogen) atoms. The Hall–Kier alpha value is 0.140. The molecule has 0 spiro atoms. The second-order valence-corrected chi connectivity index (χ2v) is 6.83. The van der Waals surface area contributed by atoms with Crippen molar-refractivity contribution < 1.29 is 28.4 Å². The Morgan fingerprint density at radius 1 is 1.00 bits per heavy atom. The number of ether oxygens (including phenoxy) is 6. The highest BCUT2D eigenvalue weighted by Gasteiger charge is 2.49. The van der Waals surface area contributed by atoms with E-state index in [-0.39, 0.29) is 6.61 Å². The van der Waals surface area contributed by atoms with Crippen LogP contribution >= 0.6 is 34.8 Å². The summed E-state index contributed by atoms with van der Waals surface area (Å²) in [7, 11) is 6.02. The second kappa shape index (κ2) is 8.84. The Kier molecular flexibility index (Phi) is 8.11. The number of hydrogen-bond donors (Lipinski definition) is 1. The van der Waals surface area contributed by atoms with Crippen LogP contribution in [0.25, 0.3) is 0 Å². The maximum absolute atomic E-state index is 7.67. The summed E-state index contributed by atoms with van der Waals surface area (Å²) in [6.07, 6.45) is -3.16. The molecule has 1 heterocycles. The Labute approximate surface area is 144 Å². The van der Waals surface area contributed by atoms with Crippen LogP contribution in [-0.2, 0) is 28.4 Å². The molecule has 0 aromatic heterocycles. The van der Waals surface area contributed by atoms with E-state index in [4.69, 9.17) is 68.6 Å². The SMILES string of the molecule is COC[C@@H]1OC(OC(=N)C(Cl)(Cl)Cl)[C@H](OC)[C@H](OC)[C@H]1OC. The number of hydrogen-bond acceptors (Lipinski definition) is 7. The van der Waals surface area contributed by atoms with Gasteiger partial charge in [0.05, 0.1) is 6.61 Å². The third kappa shape index (κ3) is 4.82. The smallest absolute Gasteiger partial charge is 0.265 e.